The summed E-state index contributed by atoms with van der Waals surface area (Å²) in [5.41, 5.74) is 1.45. The molecule has 0 spiro atoms. The average Bonchev–Trinajstić information content (AvgIpc) is 3.01. The van der Waals surface area contributed by atoms with E-state index in [4.69, 9.17) is 32.7 Å². The van der Waals surface area contributed by atoms with Gasteiger partial charge in [-0.05, 0) is 36.8 Å². The van der Waals surface area contributed by atoms with Gasteiger partial charge in [0.05, 0.1) is 5.02 Å². The quantitative estimate of drug-likeness (QED) is 0.820. The lowest BCUT2D eigenvalue weighted by Gasteiger charge is -2.21. The molecule has 2 aromatic carbocycles. The van der Waals surface area contributed by atoms with Gasteiger partial charge in [-0.2, -0.15) is 0 Å². The van der Waals surface area contributed by atoms with Crippen LogP contribution in [0.1, 0.15) is 22.8 Å². The second-order valence-corrected chi connectivity index (χ2v) is 5.98. The number of ether oxygens (including phenoxy) is 2. The smallest absolute Gasteiger partial charge is 0.254 e. The molecular weight excluding hydrogens is 337 g/mol. The van der Waals surface area contributed by atoms with Crippen molar-refractivity contribution in [3.05, 3.63) is 57.6 Å². The molecule has 1 aliphatic heterocycles. The van der Waals surface area contributed by atoms with Crippen molar-refractivity contribution in [1.82, 2.24) is 4.90 Å². The van der Waals surface area contributed by atoms with Crippen LogP contribution < -0.4 is 9.47 Å². The van der Waals surface area contributed by atoms with Gasteiger partial charge in [-0.25, -0.2) is 0 Å². The summed E-state index contributed by atoms with van der Waals surface area (Å²) in [4.78, 5) is 14.5. The summed E-state index contributed by atoms with van der Waals surface area (Å²) in [7, 11) is 0. The van der Waals surface area contributed by atoms with Gasteiger partial charge in [0, 0.05) is 23.7 Å². The Kier molecular flexibility index (Phi) is 4.64. The van der Waals surface area contributed by atoms with E-state index in [1.165, 1.54) is 0 Å². The molecule has 0 saturated heterocycles. The maximum Gasteiger partial charge on any atom is 0.254 e. The predicted molar refractivity (Wildman–Crippen MR) is 89.4 cm³/mol. The van der Waals surface area contributed by atoms with E-state index < -0.39 is 0 Å². The first-order valence-electron chi connectivity index (χ1n) is 7.21. The van der Waals surface area contributed by atoms with Crippen LogP contribution in [0.2, 0.25) is 10.0 Å². The van der Waals surface area contributed by atoms with Gasteiger partial charge < -0.3 is 14.4 Å². The first-order chi connectivity index (χ1) is 11.1. The highest BCUT2D eigenvalue weighted by Crippen LogP contribution is 2.40. The summed E-state index contributed by atoms with van der Waals surface area (Å²) in [5.74, 6) is 0.869. The predicted octanol–water partition coefficient (Wildman–Crippen LogP) is 4.38. The molecule has 0 N–H and O–H groups in total. The van der Waals surface area contributed by atoms with Crippen molar-refractivity contribution < 1.29 is 14.3 Å². The van der Waals surface area contributed by atoms with Crippen LogP contribution in [0.4, 0.5) is 0 Å². The number of carbonyl (C=O) groups excluding carboxylic acids is 1. The SMILES string of the molecule is CCN(Cc1cccc(Cl)c1)C(=O)c1cc(Cl)c2c(c1)OCO2. The third-order valence-electron chi connectivity index (χ3n) is 3.61. The zero-order valence-electron chi connectivity index (χ0n) is 12.5. The maximum absolute atomic E-state index is 12.8. The van der Waals surface area contributed by atoms with Crippen molar-refractivity contribution in [3.8, 4) is 11.5 Å². The maximum atomic E-state index is 12.8. The molecule has 4 nitrogen and oxygen atoms in total. The van der Waals surface area contributed by atoms with E-state index in [2.05, 4.69) is 0 Å². The molecule has 120 valence electrons. The number of benzene rings is 2. The first kappa shape index (κ1) is 16.0. The standard InChI is InChI=1S/C17H15Cl2NO3/c1-2-20(9-11-4-3-5-13(18)6-11)17(21)12-7-14(19)16-15(8-12)22-10-23-16/h3-8H,2,9-10H2,1H3. The fourth-order valence-electron chi connectivity index (χ4n) is 2.46. The Labute approximate surface area is 144 Å². The van der Waals surface area contributed by atoms with Gasteiger partial charge in [-0.1, -0.05) is 35.3 Å². The van der Waals surface area contributed by atoms with Gasteiger partial charge in [-0.15, -0.1) is 0 Å². The normalized spacial score (nSPS) is 12.3. The molecule has 0 unspecified atom stereocenters. The molecule has 1 amide bonds. The number of nitrogens with zero attached hydrogens (tertiary/aromatic N) is 1. The van der Waals surface area contributed by atoms with E-state index in [1.54, 1.807) is 23.1 Å². The second kappa shape index (κ2) is 6.69. The zero-order valence-corrected chi connectivity index (χ0v) is 14.0. The van der Waals surface area contributed by atoms with Crippen LogP contribution in [0.5, 0.6) is 11.5 Å². The van der Waals surface area contributed by atoms with Gasteiger partial charge in [0.2, 0.25) is 6.79 Å². The van der Waals surface area contributed by atoms with E-state index in [-0.39, 0.29) is 12.7 Å². The topological polar surface area (TPSA) is 38.8 Å². The van der Waals surface area contributed by atoms with Crippen molar-refractivity contribution >= 4 is 29.1 Å². The molecule has 0 aromatic heterocycles. The molecule has 0 saturated carbocycles. The van der Waals surface area contributed by atoms with Crippen LogP contribution in [0.3, 0.4) is 0 Å². The Morgan fingerprint density at radius 3 is 2.78 bits per heavy atom. The van der Waals surface area contributed by atoms with Crippen LogP contribution in [-0.2, 0) is 6.54 Å². The Hall–Kier alpha value is -1.91. The Morgan fingerprint density at radius 1 is 1.22 bits per heavy atom. The van der Waals surface area contributed by atoms with Crippen LogP contribution >= 0.6 is 23.2 Å². The van der Waals surface area contributed by atoms with Gasteiger partial charge in [0.15, 0.2) is 11.5 Å². The summed E-state index contributed by atoms with van der Waals surface area (Å²) in [5, 5.41) is 1.03. The highest BCUT2D eigenvalue weighted by molar-refractivity contribution is 6.32. The monoisotopic (exact) mass is 351 g/mol. The number of rotatable bonds is 4. The number of hydrogen-bond acceptors (Lipinski definition) is 3. The second-order valence-electron chi connectivity index (χ2n) is 5.14. The lowest BCUT2D eigenvalue weighted by molar-refractivity contribution is 0.0752. The summed E-state index contributed by atoms with van der Waals surface area (Å²) in [6.07, 6.45) is 0. The van der Waals surface area contributed by atoms with E-state index >= 15 is 0 Å². The number of amides is 1. The summed E-state index contributed by atoms with van der Waals surface area (Å²) < 4.78 is 10.6. The summed E-state index contributed by atoms with van der Waals surface area (Å²) in [6.45, 7) is 3.09. The average molecular weight is 352 g/mol. The van der Waals surface area contributed by atoms with E-state index in [0.29, 0.717) is 40.2 Å². The van der Waals surface area contributed by atoms with Crippen molar-refractivity contribution in [3.63, 3.8) is 0 Å². The Balaban J connectivity index is 1.84. The van der Waals surface area contributed by atoms with Crippen LogP contribution in [-0.4, -0.2) is 24.1 Å². The van der Waals surface area contributed by atoms with E-state index in [1.807, 2.05) is 25.1 Å². The number of halogens is 2. The summed E-state index contributed by atoms with van der Waals surface area (Å²) in [6, 6.07) is 10.7. The highest BCUT2D eigenvalue weighted by Gasteiger charge is 2.23. The molecule has 3 rings (SSSR count). The minimum Gasteiger partial charge on any atom is -0.454 e. The molecule has 2 aromatic rings. The van der Waals surface area contributed by atoms with Crippen molar-refractivity contribution in [2.45, 2.75) is 13.5 Å². The largest absolute Gasteiger partial charge is 0.454 e. The van der Waals surface area contributed by atoms with Crippen LogP contribution in [0.15, 0.2) is 36.4 Å². The lowest BCUT2D eigenvalue weighted by Crippen LogP contribution is -2.30. The minimum atomic E-state index is -0.118. The fourth-order valence-corrected chi connectivity index (χ4v) is 2.93. The molecule has 6 heteroatoms. The molecule has 0 aliphatic carbocycles. The van der Waals surface area contributed by atoms with Gasteiger partial charge in [0.25, 0.3) is 5.91 Å². The summed E-state index contributed by atoms with van der Waals surface area (Å²) >= 11 is 12.2. The van der Waals surface area contributed by atoms with E-state index in [9.17, 15) is 4.79 Å². The number of carbonyl (C=O) groups is 1. The molecule has 0 atom stereocenters. The first-order valence-corrected chi connectivity index (χ1v) is 7.97. The van der Waals surface area contributed by atoms with Crippen molar-refractivity contribution in [1.29, 1.82) is 0 Å². The number of hydrogen-bond donors (Lipinski definition) is 0. The van der Waals surface area contributed by atoms with Crippen molar-refractivity contribution in [2.75, 3.05) is 13.3 Å². The van der Waals surface area contributed by atoms with Crippen molar-refractivity contribution in [2.24, 2.45) is 0 Å². The van der Waals surface area contributed by atoms with E-state index in [0.717, 1.165) is 5.56 Å². The Morgan fingerprint density at radius 2 is 2.04 bits per heavy atom. The van der Waals surface area contributed by atoms with Crippen LogP contribution in [0, 0.1) is 0 Å². The molecular formula is C17H15Cl2NO3. The van der Waals surface area contributed by atoms with Crippen LogP contribution in [0.25, 0.3) is 0 Å². The zero-order chi connectivity index (χ0) is 16.4. The fraction of sp³-hybridized carbons (Fsp3) is 0.235. The number of fused-ring (bicyclic) bond motifs is 1. The molecule has 1 heterocycles. The lowest BCUT2D eigenvalue weighted by atomic mass is 10.1. The molecule has 0 fully saturated rings. The Bertz CT molecular complexity index is 749. The third-order valence-corrected chi connectivity index (χ3v) is 4.12. The molecule has 1 aliphatic rings. The molecule has 0 radical (unpaired) electrons. The van der Waals surface area contributed by atoms with Gasteiger partial charge in [-0.3, -0.25) is 4.79 Å². The minimum absolute atomic E-state index is 0.118. The van der Waals surface area contributed by atoms with Gasteiger partial charge in [0.1, 0.15) is 0 Å². The van der Waals surface area contributed by atoms with Gasteiger partial charge >= 0.3 is 0 Å². The third kappa shape index (κ3) is 3.38. The molecule has 23 heavy (non-hydrogen) atoms. The molecule has 0 bridgehead atoms. The highest BCUT2D eigenvalue weighted by atomic mass is 35.5.